The fourth-order valence-corrected chi connectivity index (χ4v) is 1.97. The highest BCUT2D eigenvalue weighted by Crippen LogP contribution is 2.27. The highest BCUT2D eigenvalue weighted by Gasteiger charge is 2.16. The fourth-order valence-electron chi connectivity index (χ4n) is 1.06. The van der Waals surface area contributed by atoms with E-state index in [2.05, 4.69) is 9.72 Å². The number of carbonyl (C=O) groups excluding carboxylic acids is 1. The van der Waals surface area contributed by atoms with E-state index in [1.165, 1.54) is 18.4 Å². The Hall–Kier alpha value is -0.940. The lowest BCUT2D eigenvalue weighted by Gasteiger charge is -2.05. The topological polar surface area (TPSA) is 59.4 Å². The summed E-state index contributed by atoms with van der Waals surface area (Å²) in [5.74, 6) is -0.0731. The van der Waals surface area contributed by atoms with Gasteiger partial charge in [0.2, 0.25) is 0 Å². The van der Waals surface area contributed by atoms with Crippen molar-refractivity contribution in [2.24, 2.45) is 0 Å². The maximum atomic E-state index is 10.9. The number of esters is 1. The van der Waals surface area contributed by atoms with Crippen LogP contribution in [-0.4, -0.2) is 23.2 Å². The minimum Gasteiger partial charge on any atom is -0.469 e. The zero-order valence-electron chi connectivity index (χ0n) is 9.06. The second kappa shape index (κ2) is 5.23. The van der Waals surface area contributed by atoms with Crippen LogP contribution in [0.5, 0.6) is 0 Å². The molecule has 0 radical (unpaired) electrons. The first kappa shape index (κ1) is 12.1. The van der Waals surface area contributed by atoms with Crippen LogP contribution in [0, 0.1) is 0 Å². The smallest absolute Gasteiger partial charge is 0.308 e. The second-order valence-corrected chi connectivity index (χ2v) is 4.65. The average molecular weight is 229 g/mol. The lowest BCUT2D eigenvalue weighted by atomic mass is 10.2. The van der Waals surface area contributed by atoms with Gasteiger partial charge in [-0.25, -0.2) is 4.98 Å². The van der Waals surface area contributed by atoms with Crippen molar-refractivity contribution in [1.82, 2.24) is 4.98 Å². The van der Waals surface area contributed by atoms with E-state index in [4.69, 9.17) is 0 Å². The molecule has 0 bridgehead atoms. The molecule has 1 aromatic heterocycles. The van der Waals surface area contributed by atoms with Crippen molar-refractivity contribution in [2.75, 3.05) is 7.11 Å². The van der Waals surface area contributed by atoms with Crippen molar-refractivity contribution in [3.05, 3.63) is 16.1 Å². The van der Waals surface area contributed by atoms with Gasteiger partial charge in [-0.3, -0.25) is 4.79 Å². The number of aromatic nitrogens is 1. The van der Waals surface area contributed by atoms with Crippen LogP contribution in [-0.2, 0) is 9.53 Å². The molecule has 1 atom stereocenters. The molecule has 1 aromatic rings. The van der Waals surface area contributed by atoms with Gasteiger partial charge in [0.15, 0.2) is 0 Å². The zero-order valence-corrected chi connectivity index (χ0v) is 9.87. The van der Waals surface area contributed by atoms with Gasteiger partial charge >= 0.3 is 5.97 Å². The Kier molecular flexibility index (Phi) is 4.23. The summed E-state index contributed by atoms with van der Waals surface area (Å²) in [6.07, 6.45) is 0.798. The van der Waals surface area contributed by atoms with Gasteiger partial charge in [-0.1, -0.05) is 13.8 Å². The molecule has 0 aliphatic heterocycles. The molecular weight excluding hydrogens is 214 g/mol. The van der Waals surface area contributed by atoms with Crippen LogP contribution in [0.4, 0.5) is 0 Å². The third-order valence-corrected chi connectivity index (χ3v) is 3.35. The molecular formula is C10H15NO3S. The summed E-state index contributed by atoms with van der Waals surface area (Å²) in [4.78, 5) is 15.8. The number of aliphatic hydroxyl groups excluding tert-OH is 1. The first-order valence-corrected chi connectivity index (χ1v) is 5.56. The molecule has 15 heavy (non-hydrogen) atoms. The Balaban J connectivity index is 2.65. The summed E-state index contributed by atoms with van der Waals surface area (Å²) < 4.78 is 4.48. The first-order chi connectivity index (χ1) is 7.04. The molecule has 1 N–H and O–H groups in total. The monoisotopic (exact) mass is 229 g/mol. The number of nitrogens with zero attached hydrogens (tertiary/aromatic N) is 1. The fraction of sp³-hybridized carbons (Fsp3) is 0.600. The maximum Gasteiger partial charge on any atom is 0.308 e. The van der Waals surface area contributed by atoms with Gasteiger partial charge in [0.1, 0.15) is 6.10 Å². The van der Waals surface area contributed by atoms with Crippen LogP contribution in [0.1, 0.15) is 42.2 Å². The van der Waals surface area contributed by atoms with Gasteiger partial charge in [0.05, 0.1) is 23.4 Å². The van der Waals surface area contributed by atoms with Gasteiger partial charge < -0.3 is 9.84 Å². The number of hydrogen-bond acceptors (Lipinski definition) is 5. The largest absolute Gasteiger partial charge is 0.469 e. The first-order valence-electron chi connectivity index (χ1n) is 4.75. The number of rotatable bonds is 4. The maximum absolute atomic E-state index is 10.9. The van der Waals surface area contributed by atoms with Crippen molar-refractivity contribution in [2.45, 2.75) is 32.3 Å². The van der Waals surface area contributed by atoms with Crippen molar-refractivity contribution in [3.63, 3.8) is 0 Å². The van der Waals surface area contributed by atoms with Crippen LogP contribution in [0.25, 0.3) is 0 Å². The van der Waals surface area contributed by atoms with E-state index in [0.29, 0.717) is 10.8 Å². The predicted molar refractivity (Wildman–Crippen MR) is 57.8 cm³/mol. The number of aliphatic hydroxyl groups is 1. The molecule has 5 heteroatoms. The van der Waals surface area contributed by atoms with Crippen LogP contribution in [0.2, 0.25) is 0 Å². The molecule has 1 rings (SSSR count). The summed E-state index contributed by atoms with van der Waals surface area (Å²) in [5, 5.41) is 10.7. The van der Waals surface area contributed by atoms with Crippen molar-refractivity contribution >= 4 is 17.3 Å². The van der Waals surface area contributed by atoms with Crippen molar-refractivity contribution < 1.29 is 14.6 Å². The minimum absolute atomic E-state index is 0.0176. The zero-order chi connectivity index (χ0) is 11.4. The number of hydrogen-bond donors (Lipinski definition) is 1. The van der Waals surface area contributed by atoms with Crippen LogP contribution in [0.3, 0.4) is 0 Å². The molecule has 0 spiro atoms. The number of ether oxygens (including phenoxy) is 1. The van der Waals surface area contributed by atoms with E-state index in [1.807, 2.05) is 13.8 Å². The Morgan fingerprint density at radius 3 is 2.80 bits per heavy atom. The second-order valence-electron chi connectivity index (χ2n) is 3.55. The Labute approximate surface area is 92.9 Å². The summed E-state index contributed by atoms with van der Waals surface area (Å²) in [6, 6.07) is 0. The Morgan fingerprint density at radius 2 is 2.33 bits per heavy atom. The average Bonchev–Trinajstić information content (AvgIpc) is 2.66. The third-order valence-electron chi connectivity index (χ3n) is 1.95. The SMILES string of the molecule is COC(=O)CC(O)c1cnc(C(C)C)s1. The standard InChI is InChI=1S/C10H15NO3S/c1-6(2)10-11-5-8(15-10)7(12)4-9(13)14-3/h5-7,12H,4H2,1-3H3. The molecule has 1 unspecified atom stereocenters. The summed E-state index contributed by atoms with van der Waals surface area (Å²) >= 11 is 1.43. The van der Waals surface area contributed by atoms with Crippen LogP contribution < -0.4 is 0 Å². The molecule has 0 aromatic carbocycles. The van der Waals surface area contributed by atoms with E-state index in [9.17, 15) is 9.90 Å². The molecule has 0 saturated carbocycles. The van der Waals surface area contributed by atoms with Crippen molar-refractivity contribution in [3.8, 4) is 0 Å². The Bertz CT molecular complexity index is 335. The highest BCUT2D eigenvalue weighted by atomic mass is 32.1. The number of carbonyl (C=O) groups is 1. The normalized spacial score (nSPS) is 12.9. The molecule has 4 nitrogen and oxygen atoms in total. The van der Waals surface area contributed by atoms with E-state index in [-0.39, 0.29) is 6.42 Å². The van der Waals surface area contributed by atoms with Gasteiger partial charge in [-0.05, 0) is 0 Å². The lowest BCUT2D eigenvalue weighted by molar-refractivity contribution is -0.142. The summed E-state index contributed by atoms with van der Waals surface area (Å²) in [6.45, 7) is 4.07. The number of thiazole rings is 1. The molecule has 1 heterocycles. The Morgan fingerprint density at radius 1 is 1.67 bits per heavy atom. The van der Waals surface area contributed by atoms with E-state index in [0.717, 1.165) is 5.01 Å². The van der Waals surface area contributed by atoms with Gasteiger partial charge in [-0.15, -0.1) is 11.3 Å². The quantitative estimate of drug-likeness (QED) is 0.801. The van der Waals surface area contributed by atoms with Crippen molar-refractivity contribution in [1.29, 1.82) is 0 Å². The van der Waals surface area contributed by atoms with Gasteiger partial charge in [0, 0.05) is 12.1 Å². The van der Waals surface area contributed by atoms with Gasteiger partial charge in [0.25, 0.3) is 0 Å². The van der Waals surface area contributed by atoms with E-state index in [1.54, 1.807) is 6.20 Å². The predicted octanol–water partition coefficient (Wildman–Crippen LogP) is 1.86. The molecule has 0 aliphatic rings. The highest BCUT2D eigenvalue weighted by molar-refractivity contribution is 7.11. The molecule has 0 saturated heterocycles. The van der Waals surface area contributed by atoms with E-state index >= 15 is 0 Å². The molecule has 0 amide bonds. The van der Waals surface area contributed by atoms with Gasteiger partial charge in [-0.2, -0.15) is 0 Å². The molecule has 84 valence electrons. The van der Waals surface area contributed by atoms with Crippen LogP contribution >= 0.6 is 11.3 Å². The molecule has 0 aliphatic carbocycles. The van der Waals surface area contributed by atoms with Crippen LogP contribution in [0.15, 0.2) is 6.20 Å². The number of methoxy groups -OCH3 is 1. The summed E-state index contributed by atoms with van der Waals surface area (Å²) in [5.41, 5.74) is 0. The third kappa shape index (κ3) is 3.28. The van der Waals surface area contributed by atoms with E-state index < -0.39 is 12.1 Å². The minimum atomic E-state index is -0.803. The molecule has 0 fully saturated rings. The summed E-state index contributed by atoms with van der Waals surface area (Å²) in [7, 11) is 1.31. The lowest BCUT2D eigenvalue weighted by Crippen LogP contribution is -2.06.